The third-order valence-corrected chi connectivity index (χ3v) is 2.45. The van der Waals surface area contributed by atoms with Gasteiger partial charge in [0.25, 0.3) is 0 Å². The summed E-state index contributed by atoms with van der Waals surface area (Å²) in [6.07, 6.45) is -4.98. The molecule has 0 unspecified atom stereocenters. The monoisotopic (exact) mass is 308 g/mol. The van der Waals surface area contributed by atoms with Crippen molar-refractivity contribution in [2.24, 2.45) is 0 Å². The van der Waals surface area contributed by atoms with Gasteiger partial charge in [-0.15, -0.1) is 0 Å². The number of hydrogen-bond acceptors (Lipinski definition) is 5. The van der Waals surface area contributed by atoms with Crippen molar-refractivity contribution in [1.29, 1.82) is 0 Å². The van der Waals surface area contributed by atoms with Gasteiger partial charge in [-0.25, -0.2) is 4.79 Å². The number of aliphatic hydroxyl groups is 1. The lowest BCUT2D eigenvalue weighted by atomic mass is 10.0. The van der Waals surface area contributed by atoms with E-state index in [9.17, 15) is 28.2 Å². The van der Waals surface area contributed by atoms with Crippen LogP contribution in [-0.4, -0.2) is 26.9 Å². The van der Waals surface area contributed by atoms with Gasteiger partial charge in [-0.2, -0.15) is 13.2 Å². The van der Waals surface area contributed by atoms with Crippen LogP contribution in [0.1, 0.15) is 42.3 Å². The number of carbonyl (C=O) groups is 1. The van der Waals surface area contributed by atoms with Gasteiger partial charge in [0.2, 0.25) is 0 Å². The van der Waals surface area contributed by atoms with Crippen molar-refractivity contribution in [2.75, 3.05) is 0 Å². The molecule has 0 atom stereocenters. The highest BCUT2D eigenvalue weighted by Gasteiger charge is 2.38. The molecule has 0 spiro atoms. The first kappa shape index (κ1) is 17.1. The Morgan fingerprint density at radius 3 is 2.14 bits per heavy atom. The number of ether oxygens (including phenoxy) is 1. The molecule has 118 valence electrons. The lowest BCUT2D eigenvalue weighted by Gasteiger charge is -2.22. The highest BCUT2D eigenvalue weighted by molar-refractivity contribution is 5.95. The Hall–Kier alpha value is -1.96. The van der Waals surface area contributed by atoms with E-state index in [0.29, 0.717) is 0 Å². The number of aromatic hydroxyl groups is 2. The molecule has 3 N–H and O–H groups in total. The van der Waals surface area contributed by atoms with E-state index in [1.807, 2.05) is 0 Å². The van der Waals surface area contributed by atoms with Crippen LogP contribution >= 0.6 is 0 Å². The summed E-state index contributed by atoms with van der Waals surface area (Å²) >= 11 is 0. The van der Waals surface area contributed by atoms with Crippen molar-refractivity contribution in [2.45, 2.75) is 39.2 Å². The van der Waals surface area contributed by atoms with Crippen LogP contribution < -0.4 is 0 Å². The van der Waals surface area contributed by atoms with Crippen LogP contribution in [0.5, 0.6) is 11.5 Å². The SMILES string of the molecule is CC(C)(C)OC(=O)c1c(O)c(C(F)(F)F)cc(O)c1CO. The smallest absolute Gasteiger partial charge is 0.420 e. The standard InChI is InChI=1S/C13H15F3O5/c1-12(2,3)21-11(20)9-6(5-17)8(18)4-7(10(9)19)13(14,15)16/h4,17-19H,5H2,1-3H3. The van der Waals surface area contributed by atoms with Gasteiger partial charge >= 0.3 is 12.1 Å². The average Bonchev–Trinajstić information content (AvgIpc) is 2.26. The molecule has 0 heterocycles. The Bertz CT molecular complexity index is 558. The number of phenols is 2. The number of esters is 1. The quantitative estimate of drug-likeness (QED) is 0.577. The summed E-state index contributed by atoms with van der Waals surface area (Å²) in [6.45, 7) is 3.50. The first-order valence-corrected chi connectivity index (χ1v) is 5.87. The highest BCUT2D eigenvalue weighted by Crippen LogP contribution is 2.42. The summed E-state index contributed by atoms with van der Waals surface area (Å²) in [6, 6.07) is 0.245. The van der Waals surface area contributed by atoms with Crippen LogP contribution in [0.15, 0.2) is 6.07 Å². The fourth-order valence-corrected chi connectivity index (χ4v) is 1.62. The number of aliphatic hydroxyl groups excluding tert-OH is 1. The number of benzene rings is 1. The van der Waals surface area contributed by atoms with E-state index in [4.69, 9.17) is 9.84 Å². The van der Waals surface area contributed by atoms with Crippen molar-refractivity contribution >= 4 is 5.97 Å². The van der Waals surface area contributed by atoms with Crippen molar-refractivity contribution in [3.8, 4) is 11.5 Å². The maximum absolute atomic E-state index is 12.8. The second kappa shape index (κ2) is 5.44. The molecule has 1 rings (SSSR count). The highest BCUT2D eigenvalue weighted by atomic mass is 19.4. The molecule has 0 aliphatic rings. The molecule has 5 nitrogen and oxygen atoms in total. The van der Waals surface area contributed by atoms with E-state index in [-0.39, 0.29) is 6.07 Å². The lowest BCUT2D eigenvalue weighted by molar-refractivity contribution is -0.138. The third-order valence-electron chi connectivity index (χ3n) is 2.45. The van der Waals surface area contributed by atoms with Gasteiger partial charge in [0.15, 0.2) is 0 Å². The fourth-order valence-electron chi connectivity index (χ4n) is 1.62. The number of halogens is 3. The van der Waals surface area contributed by atoms with Gasteiger partial charge in [-0.05, 0) is 26.8 Å². The van der Waals surface area contributed by atoms with Crippen molar-refractivity contribution in [3.05, 3.63) is 22.8 Å². The number of phenolic OH excluding ortho intramolecular Hbond substituents is 1. The molecule has 0 aliphatic heterocycles. The van der Waals surface area contributed by atoms with Crippen LogP contribution in [0.25, 0.3) is 0 Å². The number of hydrogen-bond donors (Lipinski definition) is 3. The normalized spacial score (nSPS) is 12.3. The van der Waals surface area contributed by atoms with E-state index in [2.05, 4.69) is 0 Å². The Kier molecular flexibility index (Phi) is 4.43. The van der Waals surface area contributed by atoms with Crippen LogP contribution in [0.3, 0.4) is 0 Å². The Balaban J connectivity index is 3.55. The molecule has 1 aromatic carbocycles. The van der Waals surface area contributed by atoms with Crippen molar-refractivity contribution in [1.82, 2.24) is 0 Å². The van der Waals surface area contributed by atoms with Gasteiger partial charge in [0, 0.05) is 5.56 Å². The fraction of sp³-hybridized carbons (Fsp3) is 0.462. The molecule has 8 heteroatoms. The summed E-state index contributed by atoms with van der Waals surface area (Å²) in [7, 11) is 0. The summed E-state index contributed by atoms with van der Waals surface area (Å²) in [4.78, 5) is 11.9. The van der Waals surface area contributed by atoms with Crippen molar-refractivity contribution < 1.29 is 38.0 Å². The van der Waals surface area contributed by atoms with Gasteiger partial charge in [-0.1, -0.05) is 0 Å². The van der Waals surface area contributed by atoms with Crippen LogP contribution in [0, 0.1) is 0 Å². The van der Waals surface area contributed by atoms with Crippen LogP contribution in [-0.2, 0) is 17.5 Å². The van der Waals surface area contributed by atoms with Gasteiger partial charge in [-0.3, -0.25) is 0 Å². The molecule has 0 aromatic heterocycles. The summed E-state index contributed by atoms with van der Waals surface area (Å²) in [5.74, 6) is -3.62. The second-order valence-electron chi connectivity index (χ2n) is 5.30. The maximum atomic E-state index is 12.8. The molecule has 21 heavy (non-hydrogen) atoms. The van der Waals surface area contributed by atoms with E-state index in [0.717, 1.165) is 0 Å². The summed E-state index contributed by atoms with van der Waals surface area (Å²) in [5, 5.41) is 28.3. The topological polar surface area (TPSA) is 87.0 Å². The van der Waals surface area contributed by atoms with E-state index in [1.54, 1.807) is 0 Å². The molecular formula is C13H15F3O5. The van der Waals surface area contributed by atoms with Crippen LogP contribution in [0.4, 0.5) is 13.2 Å². The van der Waals surface area contributed by atoms with Crippen LogP contribution in [0.2, 0.25) is 0 Å². The lowest BCUT2D eigenvalue weighted by Crippen LogP contribution is -2.25. The molecular weight excluding hydrogens is 293 g/mol. The Labute approximate surface area is 118 Å². The van der Waals surface area contributed by atoms with Gasteiger partial charge in [0.1, 0.15) is 28.2 Å². The number of alkyl halides is 3. The molecule has 0 saturated heterocycles. The zero-order chi connectivity index (χ0) is 16.6. The Morgan fingerprint density at radius 2 is 1.76 bits per heavy atom. The number of carbonyl (C=O) groups excluding carboxylic acids is 1. The zero-order valence-corrected chi connectivity index (χ0v) is 11.6. The predicted octanol–water partition coefficient (Wildman–Crippen LogP) is 2.56. The first-order valence-electron chi connectivity index (χ1n) is 5.87. The third kappa shape index (κ3) is 3.78. The molecule has 0 fully saturated rings. The Morgan fingerprint density at radius 1 is 1.24 bits per heavy atom. The molecule has 0 amide bonds. The summed E-state index contributed by atoms with van der Waals surface area (Å²) < 4.78 is 43.2. The summed E-state index contributed by atoms with van der Waals surface area (Å²) in [5.41, 5.74) is -4.05. The molecule has 1 aromatic rings. The minimum absolute atomic E-state index is 0.245. The first-order chi connectivity index (χ1) is 9.38. The predicted molar refractivity (Wildman–Crippen MR) is 65.9 cm³/mol. The van der Waals surface area contributed by atoms with Gasteiger partial charge in [0.05, 0.1) is 6.61 Å². The van der Waals surface area contributed by atoms with E-state index in [1.165, 1.54) is 20.8 Å². The minimum atomic E-state index is -4.98. The second-order valence-corrected chi connectivity index (χ2v) is 5.30. The van der Waals surface area contributed by atoms with Crippen molar-refractivity contribution in [3.63, 3.8) is 0 Å². The maximum Gasteiger partial charge on any atom is 0.420 e. The van der Waals surface area contributed by atoms with E-state index >= 15 is 0 Å². The van der Waals surface area contributed by atoms with E-state index < -0.39 is 52.5 Å². The largest absolute Gasteiger partial charge is 0.508 e. The van der Waals surface area contributed by atoms with Gasteiger partial charge < -0.3 is 20.1 Å². The number of rotatable bonds is 2. The molecule has 0 bridgehead atoms. The average molecular weight is 308 g/mol. The zero-order valence-electron chi connectivity index (χ0n) is 11.6. The molecule has 0 saturated carbocycles. The molecule has 0 radical (unpaired) electrons. The molecule has 0 aliphatic carbocycles. The minimum Gasteiger partial charge on any atom is -0.508 e.